The minimum absolute atomic E-state index is 0. The second-order valence-corrected chi connectivity index (χ2v) is 6.11. The van der Waals surface area contributed by atoms with Crippen molar-refractivity contribution in [2.75, 3.05) is 32.8 Å². The van der Waals surface area contributed by atoms with Gasteiger partial charge in [0.2, 0.25) is 11.8 Å². The lowest BCUT2D eigenvalue weighted by molar-refractivity contribution is -0.149. The van der Waals surface area contributed by atoms with Gasteiger partial charge in [-0.15, -0.1) is 12.4 Å². The van der Waals surface area contributed by atoms with Crippen LogP contribution in [0.3, 0.4) is 0 Å². The summed E-state index contributed by atoms with van der Waals surface area (Å²) in [5.74, 6) is 0.192. The molecule has 2 heterocycles. The molecule has 128 valence electrons. The van der Waals surface area contributed by atoms with Gasteiger partial charge in [0.05, 0.1) is 5.41 Å². The van der Waals surface area contributed by atoms with Crippen molar-refractivity contribution in [2.24, 2.45) is 11.1 Å². The lowest BCUT2D eigenvalue weighted by Gasteiger charge is -2.42. The number of rotatable bonds is 4. The van der Waals surface area contributed by atoms with E-state index in [0.29, 0.717) is 45.6 Å². The first-order valence-corrected chi connectivity index (χ1v) is 7.98. The van der Waals surface area contributed by atoms with E-state index in [0.717, 1.165) is 19.4 Å². The van der Waals surface area contributed by atoms with Crippen LogP contribution in [0.5, 0.6) is 0 Å². The summed E-state index contributed by atoms with van der Waals surface area (Å²) in [7, 11) is 0. The predicted octanol–water partition coefficient (Wildman–Crippen LogP) is 0.681. The average molecular weight is 334 g/mol. The van der Waals surface area contributed by atoms with Crippen LogP contribution in [0.4, 0.5) is 0 Å². The van der Waals surface area contributed by atoms with Gasteiger partial charge in [-0.1, -0.05) is 6.92 Å². The Morgan fingerprint density at radius 3 is 2.64 bits per heavy atom. The van der Waals surface area contributed by atoms with Gasteiger partial charge in [-0.25, -0.2) is 0 Å². The molecule has 0 spiro atoms. The average Bonchev–Trinajstić information content (AvgIpc) is 2.55. The van der Waals surface area contributed by atoms with Crippen molar-refractivity contribution < 1.29 is 14.3 Å². The van der Waals surface area contributed by atoms with Gasteiger partial charge in [0, 0.05) is 45.3 Å². The number of nitrogens with zero attached hydrogens (tertiary/aromatic N) is 1. The van der Waals surface area contributed by atoms with Gasteiger partial charge in [-0.3, -0.25) is 9.59 Å². The van der Waals surface area contributed by atoms with E-state index in [1.807, 2.05) is 11.8 Å². The highest BCUT2D eigenvalue weighted by Gasteiger charge is 2.42. The Morgan fingerprint density at radius 2 is 2.05 bits per heavy atom. The van der Waals surface area contributed by atoms with Gasteiger partial charge in [-0.2, -0.15) is 0 Å². The van der Waals surface area contributed by atoms with E-state index >= 15 is 0 Å². The van der Waals surface area contributed by atoms with Gasteiger partial charge in [-0.05, 0) is 25.7 Å². The molecule has 0 bridgehead atoms. The van der Waals surface area contributed by atoms with Crippen LogP contribution in [0.15, 0.2) is 0 Å². The molecule has 2 fully saturated rings. The van der Waals surface area contributed by atoms with E-state index in [2.05, 4.69) is 5.32 Å². The highest BCUT2D eigenvalue weighted by Crippen LogP contribution is 2.32. The molecule has 2 saturated heterocycles. The first-order chi connectivity index (χ1) is 10.1. The molecule has 0 aliphatic carbocycles. The van der Waals surface area contributed by atoms with Crippen molar-refractivity contribution in [3.63, 3.8) is 0 Å². The van der Waals surface area contributed by atoms with E-state index < -0.39 is 5.41 Å². The quantitative estimate of drug-likeness (QED) is 0.792. The van der Waals surface area contributed by atoms with E-state index in [1.165, 1.54) is 0 Å². The Kier molecular flexibility index (Phi) is 7.59. The number of amides is 2. The number of carbonyl (C=O) groups is 2. The molecule has 0 aromatic heterocycles. The highest BCUT2D eigenvalue weighted by atomic mass is 35.5. The minimum atomic E-state index is -0.463. The van der Waals surface area contributed by atoms with Crippen molar-refractivity contribution in [2.45, 2.75) is 45.1 Å². The summed E-state index contributed by atoms with van der Waals surface area (Å²) in [6, 6.07) is 0.0739. The molecule has 1 atom stereocenters. The van der Waals surface area contributed by atoms with E-state index in [-0.39, 0.29) is 30.3 Å². The second kappa shape index (κ2) is 8.70. The van der Waals surface area contributed by atoms with Gasteiger partial charge in [0.25, 0.3) is 0 Å². The molecule has 7 heteroatoms. The van der Waals surface area contributed by atoms with Crippen LogP contribution in [0.2, 0.25) is 0 Å². The van der Waals surface area contributed by atoms with Crippen molar-refractivity contribution in [3.8, 4) is 0 Å². The molecule has 6 nitrogen and oxygen atoms in total. The highest BCUT2D eigenvalue weighted by molar-refractivity contribution is 5.85. The number of hydrogen-bond acceptors (Lipinski definition) is 4. The number of piperidine rings is 1. The summed E-state index contributed by atoms with van der Waals surface area (Å²) < 4.78 is 5.37. The Morgan fingerprint density at radius 1 is 1.36 bits per heavy atom. The number of nitrogens with two attached hydrogens (primary N) is 1. The normalized spacial score (nSPS) is 24.3. The number of carbonyl (C=O) groups excluding carboxylic acids is 2. The van der Waals surface area contributed by atoms with Crippen molar-refractivity contribution >= 4 is 24.2 Å². The van der Waals surface area contributed by atoms with Gasteiger partial charge in [0.1, 0.15) is 0 Å². The standard InChI is InChI=1S/C15H27N3O3.ClH/c1-2-13(19)17-12-4-3-7-18(10-12)14(20)15(11-16)5-8-21-9-6-15;/h12H,2-11,16H2,1H3,(H,17,19);1H. The number of likely N-dealkylation sites (tertiary alicyclic amines) is 1. The van der Waals surface area contributed by atoms with E-state index in [1.54, 1.807) is 0 Å². The third-order valence-electron chi connectivity index (χ3n) is 4.69. The summed E-state index contributed by atoms with van der Waals surface area (Å²) in [4.78, 5) is 26.3. The smallest absolute Gasteiger partial charge is 0.230 e. The summed E-state index contributed by atoms with van der Waals surface area (Å²) in [5.41, 5.74) is 5.45. The van der Waals surface area contributed by atoms with Crippen molar-refractivity contribution in [1.82, 2.24) is 10.2 Å². The largest absolute Gasteiger partial charge is 0.381 e. The molecular formula is C15H28ClN3O3. The fraction of sp³-hybridized carbons (Fsp3) is 0.867. The Labute approximate surface area is 138 Å². The van der Waals surface area contributed by atoms with Crippen molar-refractivity contribution in [3.05, 3.63) is 0 Å². The molecule has 2 amide bonds. The molecule has 0 saturated carbocycles. The lowest BCUT2D eigenvalue weighted by Crippen LogP contribution is -2.56. The van der Waals surface area contributed by atoms with E-state index in [9.17, 15) is 9.59 Å². The number of nitrogens with one attached hydrogen (secondary N) is 1. The molecule has 0 aromatic carbocycles. The van der Waals surface area contributed by atoms with Crippen LogP contribution in [0.25, 0.3) is 0 Å². The lowest BCUT2D eigenvalue weighted by atomic mass is 9.78. The van der Waals surface area contributed by atoms with Crippen LogP contribution in [-0.2, 0) is 14.3 Å². The van der Waals surface area contributed by atoms with Gasteiger partial charge in [0.15, 0.2) is 0 Å². The molecule has 2 rings (SSSR count). The topological polar surface area (TPSA) is 84.7 Å². The molecular weight excluding hydrogens is 306 g/mol. The molecule has 0 radical (unpaired) electrons. The maximum absolute atomic E-state index is 12.9. The zero-order valence-corrected chi connectivity index (χ0v) is 14.1. The monoisotopic (exact) mass is 333 g/mol. The fourth-order valence-corrected chi connectivity index (χ4v) is 3.21. The number of halogens is 1. The summed E-state index contributed by atoms with van der Waals surface area (Å²) in [6.45, 7) is 4.79. The minimum Gasteiger partial charge on any atom is -0.381 e. The maximum Gasteiger partial charge on any atom is 0.230 e. The molecule has 1 unspecified atom stereocenters. The molecule has 2 aliphatic rings. The number of hydrogen-bond donors (Lipinski definition) is 2. The van der Waals surface area contributed by atoms with Crippen LogP contribution in [0.1, 0.15) is 39.0 Å². The maximum atomic E-state index is 12.9. The zero-order chi connectivity index (χ0) is 15.3. The summed E-state index contributed by atoms with van der Waals surface area (Å²) in [6.07, 6.45) is 3.75. The second-order valence-electron chi connectivity index (χ2n) is 6.11. The van der Waals surface area contributed by atoms with Gasteiger partial charge < -0.3 is 20.7 Å². The summed E-state index contributed by atoms with van der Waals surface area (Å²) in [5, 5.41) is 3.00. The zero-order valence-electron chi connectivity index (χ0n) is 13.3. The third kappa shape index (κ3) is 4.33. The van der Waals surface area contributed by atoms with Gasteiger partial charge >= 0.3 is 0 Å². The molecule has 2 aliphatic heterocycles. The van der Waals surface area contributed by atoms with Crippen LogP contribution >= 0.6 is 12.4 Å². The molecule has 3 N–H and O–H groups in total. The first kappa shape index (κ1) is 19.2. The van der Waals surface area contributed by atoms with Crippen LogP contribution in [0, 0.1) is 5.41 Å². The Balaban J connectivity index is 0.00000242. The van der Waals surface area contributed by atoms with Crippen molar-refractivity contribution in [1.29, 1.82) is 0 Å². The predicted molar refractivity (Wildman–Crippen MR) is 86.8 cm³/mol. The fourth-order valence-electron chi connectivity index (χ4n) is 3.21. The first-order valence-electron chi connectivity index (χ1n) is 7.98. The van der Waals surface area contributed by atoms with E-state index in [4.69, 9.17) is 10.5 Å². The SMILES string of the molecule is CCC(=O)NC1CCCN(C(=O)C2(CN)CCOCC2)C1.Cl. The van der Waals surface area contributed by atoms with Crippen LogP contribution < -0.4 is 11.1 Å². The Bertz CT molecular complexity index is 386. The third-order valence-corrected chi connectivity index (χ3v) is 4.69. The summed E-state index contributed by atoms with van der Waals surface area (Å²) >= 11 is 0. The Hall–Kier alpha value is -0.850. The molecule has 22 heavy (non-hydrogen) atoms. The van der Waals surface area contributed by atoms with Crippen LogP contribution in [-0.4, -0.2) is 55.6 Å². The number of ether oxygens (including phenoxy) is 1. The molecule has 0 aromatic rings.